The third kappa shape index (κ3) is 3.71. The molecule has 4 heteroatoms. The maximum absolute atomic E-state index is 11.9. The Bertz CT molecular complexity index is 317. The maximum atomic E-state index is 11.9. The van der Waals surface area contributed by atoms with Gasteiger partial charge in [-0.3, -0.25) is 4.79 Å². The van der Waals surface area contributed by atoms with E-state index in [0.29, 0.717) is 12.3 Å². The van der Waals surface area contributed by atoms with Crippen LogP contribution < -0.4 is 10.6 Å². The minimum Gasteiger partial charge on any atom is -0.352 e. The topological polar surface area (TPSA) is 64.9 Å². The summed E-state index contributed by atoms with van der Waals surface area (Å²) in [5.74, 6) is 0.817. The minimum atomic E-state index is 0.0327. The Morgan fingerprint density at radius 2 is 2.22 bits per heavy atom. The van der Waals surface area contributed by atoms with E-state index < -0.39 is 0 Å². The molecular weight excluding hydrogens is 226 g/mol. The van der Waals surface area contributed by atoms with Gasteiger partial charge in [-0.1, -0.05) is 0 Å². The van der Waals surface area contributed by atoms with Crippen LogP contribution in [0.15, 0.2) is 0 Å². The van der Waals surface area contributed by atoms with Crippen LogP contribution in [0.2, 0.25) is 0 Å². The van der Waals surface area contributed by atoms with Crippen LogP contribution in [0.4, 0.5) is 0 Å². The molecule has 1 saturated carbocycles. The number of piperidine rings is 1. The number of nitrogens with one attached hydrogen (secondary N) is 2. The van der Waals surface area contributed by atoms with Crippen molar-refractivity contribution in [3.8, 4) is 6.07 Å². The average molecular weight is 249 g/mol. The van der Waals surface area contributed by atoms with Crippen LogP contribution in [-0.2, 0) is 4.79 Å². The van der Waals surface area contributed by atoms with Crippen molar-refractivity contribution < 1.29 is 4.79 Å². The molecule has 4 nitrogen and oxygen atoms in total. The van der Waals surface area contributed by atoms with Gasteiger partial charge >= 0.3 is 0 Å². The molecule has 2 rings (SSSR count). The number of hydrogen-bond acceptors (Lipinski definition) is 3. The Balaban J connectivity index is 1.67. The Morgan fingerprint density at radius 3 is 2.94 bits per heavy atom. The van der Waals surface area contributed by atoms with Crippen molar-refractivity contribution in [2.24, 2.45) is 11.8 Å². The number of rotatable bonds is 4. The van der Waals surface area contributed by atoms with Gasteiger partial charge in [-0.25, -0.2) is 0 Å². The largest absolute Gasteiger partial charge is 0.352 e. The molecule has 0 aromatic carbocycles. The summed E-state index contributed by atoms with van der Waals surface area (Å²) in [6.45, 7) is 2.17. The highest BCUT2D eigenvalue weighted by molar-refractivity contribution is 5.76. The predicted octanol–water partition coefficient (Wildman–Crippen LogP) is 1.57. The number of amides is 1. The van der Waals surface area contributed by atoms with E-state index >= 15 is 0 Å². The molecule has 0 bridgehead atoms. The van der Waals surface area contributed by atoms with Gasteiger partial charge in [0.25, 0.3) is 0 Å². The molecule has 0 radical (unpaired) electrons. The van der Waals surface area contributed by atoms with Crippen LogP contribution >= 0.6 is 0 Å². The van der Waals surface area contributed by atoms with Crippen molar-refractivity contribution in [1.29, 1.82) is 5.26 Å². The monoisotopic (exact) mass is 249 g/mol. The number of nitrogens with zero attached hydrogens (tertiary/aromatic N) is 1. The number of carbonyl (C=O) groups is 1. The summed E-state index contributed by atoms with van der Waals surface area (Å²) in [5, 5.41) is 15.4. The lowest BCUT2D eigenvalue weighted by atomic mass is 9.94. The Hall–Kier alpha value is -1.08. The zero-order valence-corrected chi connectivity index (χ0v) is 11.0. The first-order valence-electron chi connectivity index (χ1n) is 7.19. The molecule has 0 aromatic heterocycles. The molecule has 1 aliphatic heterocycles. The predicted molar refractivity (Wildman–Crippen MR) is 69.7 cm³/mol. The van der Waals surface area contributed by atoms with E-state index in [-0.39, 0.29) is 17.9 Å². The molecule has 2 aliphatic rings. The summed E-state index contributed by atoms with van der Waals surface area (Å²) in [6, 6.07) is 2.40. The second-order valence-electron chi connectivity index (χ2n) is 5.59. The van der Waals surface area contributed by atoms with Crippen molar-refractivity contribution in [2.75, 3.05) is 13.1 Å². The standard InChI is InChI=1S/C14H23N3O/c15-9-12-4-1-5-13(12)17-14(18)7-6-11-3-2-8-16-10-11/h11-13,16H,1-8,10H2,(H,17,18). The van der Waals surface area contributed by atoms with Gasteiger partial charge in [0.2, 0.25) is 5.91 Å². The SMILES string of the molecule is N#CC1CCCC1NC(=O)CCC1CCCNC1. The van der Waals surface area contributed by atoms with E-state index in [1.165, 1.54) is 12.8 Å². The van der Waals surface area contributed by atoms with Gasteiger partial charge in [-0.15, -0.1) is 0 Å². The molecule has 3 atom stereocenters. The lowest BCUT2D eigenvalue weighted by Crippen LogP contribution is -2.37. The van der Waals surface area contributed by atoms with Gasteiger partial charge in [-0.2, -0.15) is 5.26 Å². The number of nitriles is 1. The Labute approximate surface area is 109 Å². The van der Waals surface area contributed by atoms with Crippen LogP contribution in [0, 0.1) is 23.2 Å². The summed E-state index contributed by atoms with van der Waals surface area (Å²) in [5.41, 5.74) is 0. The molecule has 1 heterocycles. The minimum absolute atomic E-state index is 0.0327. The smallest absolute Gasteiger partial charge is 0.220 e. The van der Waals surface area contributed by atoms with E-state index in [1.807, 2.05) is 0 Å². The van der Waals surface area contributed by atoms with E-state index in [1.54, 1.807) is 0 Å². The van der Waals surface area contributed by atoms with Crippen molar-refractivity contribution in [3.63, 3.8) is 0 Å². The molecular formula is C14H23N3O. The molecule has 2 N–H and O–H groups in total. The molecule has 1 saturated heterocycles. The quantitative estimate of drug-likeness (QED) is 0.795. The molecule has 1 amide bonds. The van der Waals surface area contributed by atoms with Crippen molar-refractivity contribution in [3.05, 3.63) is 0 Å². The van der Waals surface area contributed by atoms with Gasteiger partial charge in [-0.05, 0) is 57.5 Å². The molecule has 0 aromatic rings. The first kappa shape index (κ1) is 13.4. The molecule has 2 fully saturated rings. The highest BCUT2D eigenvalue weighted by Gasteiger charge is 2.28. The zero-order valence-electron chi connectivity index (χ0n) is 11.0. The fourth-order valence-electron chi connectivity index (χ4n) is 3.07. The lowest BCUT2D eigenvalue weighted by molar-refractivity contribution is -0.122. The third-order valence-electron chi connectivity index (χ3n) is 4.21. The first-order chi connectivity index (χ1) is 8.79. The van der Waals surface area contributed by atoms with Crippen LogP contribution in [0.3, 0.4) is 0 Å². The lowest BCUT2D eigenvalue weighted by Gasteiger charge is -2.23. The maximum Gasteiger partial charge on any atom is 0.220 e. The van der Waals surface area contributed by atoms with E-state index in [2.05, 4.69) is 16.7 Å². The van der Waals surface area contributed by atoms with Gasteiger partial charge in [0.05, 0.1) is 12.0 Å². The molecule has 100 valence electrons. The van der Waals surface area contributed by atoms with Crippen LogP contribution in [0.25, 0.3) is 0 Å². The first-order valence-corrected chi connectivity index (χ1v) is 7.19. The van der Waals surface area contributed by atoms with Crippen molar-refractivity contribution in [2.45, 2.75) is 51.0 Å². The van der Waals surface area contributed by atoms with Gasteiger partial charge in [0.15, 0.2) is 0 Å². The molecule has 0 spiro atoms. The Kier molecular flexibility index (Phi) is 5.00. The van der Waals surface area contributed by atoms with Crippen molar-refractivity contribution >= 4 is 5.91 Å². The van der Waals surface area contributed by atoms with Crippen LogP contribution in [-0.4, -0.2) is 25.0 Å². The van der Waals surface area contributed by atoms with Crippen molar-refractivity contribution in [1.82, 2.24) is 10.6 Å². The number of carbonyl (C=O) groups excluding carboxylic acids is 1. The molecule has 18 heavy (non-hydrogen) atoms. The summed E-state index contributed by atoms with van der Waals surface area (Å²) in [4.78, 5) is 11.9. The average Bonchev–Trinajstić information content (AvgIpc) is 2.85. The summed E-state index contributed by atoms with van der Waals surface area (Å²) in [7, 11) is 0. The van der Waals surface area contributed by atoms with Crippen LogP contribution in [0.5, 0.6) is 0 Å². The third-order valence-corrected chi connectivity index (χ3v) is 4.21. The highest BCUT2D eigenvalue weighted by atomic mass is 16.1. The molecule has 1 aliphatic carbocycles. The number of hydrogen-bond donors (Lipinski definition) is 2. The Morgan fingerprint density at radius 1 is 1.33 bits per heavy atom. The second kappa shape index (κ2) is 6.75. The summed E-state index contributed by atoms with van der Waals surface area (Å²) in [6.07, 6.45) is 7.03. The van der Waals surface area contributed by atoms with Gasteiger partial charge in [0, 0.05) is 12.5 Å². The summed E-state index contributed by atoms with van der Waals surface area (Å²) >= 11 is 0. The van der Waals surface area contributed by atoms with Gasteiger partial charge < -0.3 is 10.6 Å². The molecule has 3 unspecified atom stereocenters. The van der Waals surface area contributed by atoms with E-state index in [9.17, 15) is 4.79 Å². The van der Waals surface area contributed by atoms with Gasteiger partial charge in [0.1, 0.15) is 0 Å². The van der Waals surface area contributed by atoms with E-state index in [0.717, 1.165) is 38.8 Å². The second-order valence-corrected chi connectivity index (χ2v) is 5.59. The summed E-state index contributed by atoms with van der Waals surface area (Å²) < 4.78 is 0. The highest BCUT2D eigenvalue weighted by Crippen LogP contribution is 2.25. The van der Waals surface area contributed by atoms with Crippen LogP contribution in [0.1, 0.15) is 44.9 Å². The zero-order chi connectivity index (χ0) is 12.8. The van der Waals surface area contributed by atoms with E-state index in [4.69, 9.17) is 5.26 Å². The normalized spacial score (nSPS) is 31.8. The fourth-order valence-corrected chi connectivity index (χ4v) is 3.07. The fraction of sp³-hybridized carbons (Fsp3) is 0.857.